The smallest absolute Gasteiger partial charge is 0.254 e. The molecule has 0 spiro atoms. The lowest BCUT2D eigenvalue weighted by Gasteiger charge is -2.41. The van der Waals surface area contributed by atoms with Crippen molar-refractivity contribution in [2.75, 3.05) is 13.7 Å². The molecule has 1 aliphatic heterocycles. The van der Waals surface area contributed by atoms with Crippen LogP contribution in [0, 0.1) is 0 Å². The van der Waals surface area contributed by atoms with Crippen LogP contribution in [0.1, 0.15) is 35.3 Å². The Labute approximate surface area is 159 Å². The van der Waals surface area contributed by atoms with Gasteiger partial charge in [-0.25, -0.2) is 0 Å². The molecule has 138 valence electrons. The molecule has 1 amide bonds. The van der Waals surface area contributed by atoms with Crippen LogP contribution in [0.5, 0.6) is 5.75 Å². The van der Waals surface area contributed by atoms with E-state index in [1.807, 2.05) is 64.4 Å². The van der Waals surface area contributed by atoms with Crippen LogP contribution in [-0.2, 0) is 6.54 Å². The van der Waals surface area contributed by atoms with Crippen molar-refractivity contribution in [1.82, 2.24) is 14.7 Å². The van der Waals surface area contributed by atoms with E-state index in [4.69, 9.17) is 4.74 Å². The van der Waals surface area contributed by atoms with Crippen molar-refractivity contribution in [3.05, 3.63) is 72.1 Å². The molecular formula is C22H23N3O2. The summed E-state index contributed by atoms with van der Waals surface area (Å²) in [4.78, 5) is 15.0. The molecule has 2 heterocycles. The van der Waals surface area contributed by atoms with Crippen LogP contribution in [0.25, 0.3) is 11.1 Å². The fraction of sp³-hybridized carbons (Fsp3) is 0.273. The van der Waals surface area contributed by atoms with E-state index in [-0.39, 0.29) is 11.9 Å². The molecule has 5 nitrogen and oxygen atoms in total. The molecule has 1 aromatic heterocycles. The number of carbonyl (C=O) groups is 1. The number of likely N-dealkylation sites (tertiary alicyclic amines) is 1. The molecule has 0 N–H and O–H groups in total. The molecule has 3 aromatic rings. The Balaban J connectivity index is 1.56. The van der Waals surface area contributed by atoms with Gasteiger partial charge in [0.2, 0.25) is 0 Å². The summed E-state index contributed by atoms with van der Waals surface area (Å²) in [5.74, 6) is 0.889. The molecular weight excluding hydrogens is 338 g/mol. The van der Waals surface area contributed by atoms with Crippen LogP contribution in [0.2, 0.25) is 0 Å². The SMILES string of the molecule is CCn1cc(-c2cccc(C(=O)N3CC[C@H]3c3cccc(OC)c3)c2)cn1. The van der Waals surface area contributed by atoms with Crippen LogP contribution in [-0.4, -0.2) is 34.2 Å². The number of carbonyl (C=O) groups excluding carboxylic acids is 1. The topological polar surface area (TPSA) is 47.4 Å². The van der Waals surface area contributed by atoms with E-state index in [2.05, 4.69) is 18.1 Å². The maximum atomic E-state index is 13.1. The minimum absolute atomic E-state index is 0.0683. The molecule has 0 aliphatic carbocycles. The number of benzene rings is 2. The number of aryl methyl sites for hydroxylation is 1. The normalized spacial score (nSPS) is 16.1. The molecule has 2 aromatic carbocycles. The highest BCUT2D eigenvalue weighted by atomic mass is 16.5. The Morgan fingerprint density at radius 1 is 1.19 bits per heavy atom. The predicted octanol–water partition coefficient (Wildman–Crippen LogP) is 4.17. The van der Waals surface area contributed by atoms with Crippen molar-refractivity contribution in [3.63, 3.8) is 0 Å². The standard InChI is InChI=1S/C22H23N3O2/c1-3-24-15-19(14-23-24)16-6-4-8-18(12-16)22(26)25-11-10-21(25)17-7-5-9-20(13-17)27-2/h4-9,12-15,21H,3,10-11H2,1-2H3/t21-/m0/s1. The van der Waals surface area contributed by atoms with Gasteiger partial charge in [-0.2, -0.15) is 5.10 Å². The van der Waals surface area contributed by atoms with Gasteiger partial charge < -0.3 is 9.64 Å². The fourth-order valence-corrected chi connectivity index (χ4v) is 3.51. The van der Waals surface area contributed by atoms with Gasteiger partial charge in [0.25, 0.3) is 5.91 Å². The first-order valence-electron chi connectivity index (χ1n) is 9.27. The van der Waals surface area contributed by atoms with Crippen LogP contribution < -0.4 is 4.74 Å². The molecule has 5 heteroatoms. The van der Waals surface area contributed by atoms with Gasteiger partial charge in [-0.15, -0.1) is 0 Å². The molecule has 1 fully saturated rings. The van der Waals surface area contributed by atoms with Crippen LogP contribution in [0.15, 0.2) is 60.9 Å². The summed E-state index contributed by atoms with van der Waals surface area (Å²) in [5, 5.41) is 4.33. The quantitative estimate of drug-likeness (QED) is 0.685. The summed E-state index contributed by atoms with van der Waals surface area (Å²) in [6, 6.07) is 15.9. The largest absolute Gasteiger partial charge is 0.497 e. The van der Waals surface area contributed by atoms with Gasteiger partial charge in [-0.05, 0) is 48.7 Å². The van der Waals surface area contributed by atoms with Crippen molar-refractivity contribution in [1.29, 1.82) is 0 Å². The van der Waals surface area contributed by atoms with Gasteiger partial charge >= 0.3 is 0 Å². The molecule has 1 atom stereocenters. The summed E-state index contributed by atoms with van der Waals surface area (Å²) in [6.07, 6.45) is 4.82. The Morgan fingerprint density at radius 3 is 2.74 bits per heavy atom. The van der Waals surface area contributed by atoms with Crippen molar-refractivity contribution < 1.29 is 9.53 Å². The van der Waals surface area contributed by atoms with E-state index in [1.54, 1.807) is 7.11 Å². The van der Waals surface area contributed by atoms with Crippen molar-refractivity contribution in [3.8, 4) is 16.9 Å². The highest BCUT2D eigenvalue weighted by molar-refractivity contribution is 5.96. The third kappa shape index (κ3) is 3.33. The summed E-state index contributed by atoms with van der Waals surface area (Å²) in [6.45, 7) is 3.66. The number of nitrogens with zero attached hydrogens (tertiary/aromatic N) is 3. The Kier molecular flexibility index (Phi) is 4.67. The lowest BCUT2D eigenvalue weighted by molar-refractivity contribution is 0.0460. The second kappa shape index (κ2) is 7.27. The summed E-state index contributed by atoms with van der Waals surface area (Å²) in [5.41, 5.74) is 3.87. The second-order valence-electron chi connectivity index (χ2n) is 6.75. The zero-order valence-electron chi connectivity index (χ0n) is 15.6. The molecule has 0 saturated carbocycles. The van der Waals surface area contributed by atoms with Crippen LogP contribution in [0.4, 0.5) is 0 Å². The highest BCUT2D eigenvalue weighted by Crippen LogP contribution is 2.36. The minimum atomic E-state index is 0.0683. The number of rotatable bonds is 5. The lowest BCUT2D eigenvalue weighted by atomic mass is 9.93. The van der Waals surface area contributed by atoms with Gasteiger partial charge in [-0.1, -0.05) is 24.3 Å². The fourth-order valence-electron chi connectivity index (χ4n) is 3.51. The first kappa shape index (κ1) is 17.3. The van der Waals surface area contributed by atoms with E-state index in [1.165, 1.54) is 0 Å². The van der Waals surface area contributed by atoms with E-state index >= 15 is 0 Å². The third-order valence-electron chi connectivity index (χ3n) is 5.16. The average Bonchev–Trinajstić information content (AvgIpc) is 3.17. The van der Waals surface area contributed by atoms with Crippen molar-refractivity contribution >= 4 is 5.91 Å². The molecule has 0 bridgehead atoms. The Morgan fingerprint density at radius 2 is 2.04 bits per heavy atom. The minimum Gasteiger partial charge on any atom is -0.497 e. The van der Waals surface area contributed by atoms with E-state index in [0.29, 0.717) is 5.56 Å². The van der Waals surface area contributed by atoms with Gasteiger partial charge in [0, 0.05) is 30.4 Å². The maximum absolute atomic E-state index is 13.1. The maximum Gasteiger partial charge on any atom is 0.254 e. The van der Waals surface area contributed by atoms with E-state index in [0.717, 1.165) is 42.0 Å². The monoisotopic (exact) mass is 361 g/mol. The third-order valence-corrected chi connectivity index (χ3v) is 5.16. The number of ether oxygens (including phenoxy) is 1. The van der Waals surface area contributed by atoms with E-state index in [9.17, 15) is 4.79 Å². The average molecular weight is 361 g/mol. The first-order valence-corrected chi connectivity index (χ1v) is 9.27. The number of hydrogen-bond donors (Lipinski definition) is 0. The van der Waals surface area contributed by atoms with Crippen molar-refractivity contribution in [2.24, 2.45) is 0 Å². The molecule has 0 radical (unpaired) electrons. The number of hydrogen-bond acceptors (Lipinski definition) is 3. The number of aromatic nitrogens is 2. The number of amides is 1. The molecule has 0 unspecified atom stereocenters. The van der Waals surface area contributed by atoms with Crippen molar-refractivity contribution in [2.45, 2.75) is 25.9 Å². The Bertz CT molecular complexity index is 963. The summed E-state index contributed by atoms with van der Waals surface area (Å²) >= 11 is 0. The summed E-state index contributed by atoms with van der Waals surface area (Å²) < 4.78 is 7.21. The molecule has 1 aliphatic rings. The Hall–Kier alpha value is -3.08. The van der Waals surface area contributed by atoms with Crippen LogP contribution in [0.3, 0.4) is 0 Å². The second-order valence-corrected chi connectivity index (χ2v) is 6.75. The zero-order valence-corrected chi connectivity index (χ0v) is 15.6. The first-order chi connectivity index (χ1) is 13.2. The lowest BCUT2D eigenvalue weighted by Crippen LogP contribution is -2.45. The highest BCUT2D eigenvalue weighted by Gasteiger charge is 2.34. The molecule has 27 heavy (non-hydrogen) atoms. The number of methoxy groups -OCH3 is 1. The van der Waals surface area contributed by atoms with Gasteiger partial charge in [-0.3, -0.25) is 9.48 Å². The van der Waals surface area contributed by atoms with Gasteiger partial charge in [0.05, 0.1) is 19.3 Å². The van der Waals surface area contributed by atoms with Crippen LogP contribution >= 0.6 is 0 Å². The predicted molar refractivity (Wildman–Crippen MR) is 105 cm³/mol. The van der Waals surface area contributed by atoms with Gasteiger partial charge in [0.15, 0.2) is 0 Å². The summed E-state index contributed by atoms with van der Waals surface area (Å²) in [7, 11) is 1.66. The molecule has 1 saturated heterocycles. The zero-order chi connectivity index (χ0) is 18.8. The van der Waals surface area contributed by atoms with E-state index < -0.39 is 0 Å². The van der Waals surface area contributed by atoms with Gasteiger partial charge in [0.1, 0.15) is 5.75 Å². The molecule has 4 rings (SSSR count).